The Hall–Kier alpha value is -4.34. The Morgan fingerprint density at radius 3 is 1.46 bits per heavy atom. The number of nitrogens with zero attached hydrogens (tertiary/aromatic N) is 3. The SMILES string of the molecule is CC1(C)C#CC(C)(C)CS(=O)(=NC(=O)CCC(=O)NCc2ccccc2)C1.CC1(C)C#CC(C)(C)CS(=O)(=NC(=O)CCC(=O)ON2C(=O)CCC2=O)C1. The predicted molar refractivity (Wildman–Crippen MR) is 205 cm³/mol. The molecule has 54 heavy (non-hydrogen) atoms. The predicted octanol–water partition coefficient (Wildman–Crippen LogP) is 4.58. The second-order valence-electron chi connectivity index (χ2n) is 16.4. The van der Waals surface area contributed by atoms with Crippen molar-refractivity contribution < 1.29 is 42.0 Å². The maximum atomic E-state index is 13.3. The molecule has 0 unspecified atom stereocenters. The van der Waals surface area contributed by atoms with Gasteiger partial charge in [-0.2, -0.15) is 8.73 Å². The summed E-state index contributed by atoms with van der Waals surface area (Å²) in [5, 5.41) is 3.21. The number of hydrogen-bond acceptors (Lipinski definition) is 9. The molecule has 1 fully saturated rings. The maximum Gasteiger partial charge on any atom is 0.333 e. The summed E-state index contributed by atoms with van der Waals surface area (Å²) in [6.07, 6.45) is -0.689. The standard InChI is InChI=1S/C21H28N2O3S.C18H24N2O6S/c1-20(2)12-13-21(3,4)16-27(26,15-20)23-19(25)11-10-18(24)22-14-17-8-6-5-7-9-17;1-17(2)9-10-18(3,4)12-27(25,11-17)19-13(21)5-8-16(24)26-20-14(22)6-7-15(20)23/h5-9H,10-11,14-16H2,1-4H3,(H,22,24);5-8,11-12H2,1-4H3. The van der Waals surface area contributed by atoms with Crippen LogP contribution >= 0.6 is 0 Å². The van der Waals surface area contributed by atoms with Gasteiger partial charge in [0.15, 0.2) is 0 Å². The zero-order valence-corrected chi connectivity index (χ0v) is 34.1. The van der Waals surface area contributed by atoms with Gasteiger partial charge in [-0.1, -0.05) is 54.0 Å². The van der Waals surface area contributed by atoms with Crippen LogP contribution in [0, 0.1) is 45.3 Å². The van der Waals surface area contributed by atoms with Crippen molar-refractivity contribution in [3.63, 3.8) is 0 Å². The zero-order valence-electron chi connectivity index (χ0n) is 32.5. The van der Waals surface area contributed by atoms with Crippen molar-refractivity contribution in [3.05, 3.63) is 35.9 Å². The molecule has 0 atom stereocenters. The van der Waals surface area contributed by atoms with E-state index in [4.69, 9.17) is 4.84 Å². The number of imide groups is 1. The minimum absolute atomic E-state index is 0.00389. The number of carbonyl (C=O) groups excluding carboxylic acids is 6. The first-order chi connectivity index (χ1) is 24.8. The summed E-state index contributed by atoms with van der Waals surface area (Å²) in [5.41, 5.74) is -0.995. The normalized spacial score (nSPS) is 20.8. The number of hydroxylamine groups is 2. The van der Waals surface area contributed by atoms with Crippen molar-refractivity contribution in [2.45, 2.75) is 100 Å². The van der Waals surface area contributed by atoms with Crippen LogP contribution < -0.4 is 5.32 Å². The van der Waals surface area contributed by atoms with E-state index >= 15 is 0 Å². The van der Waals surface area contributed by atoms with Crippen LogP contribution in [0.3, 0.4) is 0 Å². The quantitative estimate of drug-likeness (QED) is 0.276. The van der Waals surface area contributed by atoms with E-state index in [9.17, 15) is 37.2 Å². The third-order valence-electron chi connectivity index (χ3n) is 8.00. The zero-order chi connectivity index (χ0) is 40.6. The minimum Gasteiger partial charge on any atom is -0.352 e. The molecule has 1 N–H and O–H groups in total. The molecule has 3 heterocycles. The van der Waals surface area contributed by atoms with Crippen molar-refractivity contribution in [1.29, 1.82) is 0 Å². The summed E-state index contributed by atoms with van der Waals surface area (Å²) in [6.45, 7) is 15.5. The fraction of sp³-hybridized carbons (Fsp3) is 0.590. The van der Waals surface area contributed by atoms with E-state index in [1.54, 1.807) is 0 Å². The third kappa shape index (κ3) is 14.8. The summed E-state index contributed by atoms with van der Waals surface area (Å²) in [5.74, 6) is 9.93. The summed E-state index contributed by atoms with van der Waals surface area (Å²) in [7, 11) is -5.57. The number of carbonyl (C=O) groups is 6. The molecular formula is C39H52N4O9S2. The molecule has 3 aliphatic rings. The lowest BCUT2D eigenvalue weighted by atomic mass is 9.92. The van der Waals surface area contributed by atoms with Crippen LogP contribution in [-0.4, -0.2) is 72.0 Å². The summed E-state index contributed by atoms with van der Waals surface area (Å²) < 4.78 is 34.4. The van der Waals surface area contributed by atoms with Gasteiger partial charge in [-0.15, -0.1) is 5.06 Å². The second kappa shape index (κ2) is 17.4. The molecule has 15 heteroatoms. The first kappa shape index (κ1) is 44.1. The first-order valence-corrected chi connectivity index (χ1v) is 21.5. The van der Waals surface area contributed by atoms with Gasteiger partial charge in [0.1, 0.15) is 0 Å². The molecule has 0 aromatic heterocycles. The summed E-state index contributed by atoms with van der Waals surface area (Å²) in [6, 6.07) is 9.55. The average Bonchev–Trinajstić information content (AvgIpc) is 3.26. The Kier molecular flexibility index (Phi) is 14.2. The van der Waals surface area contributed by atoms with Crippen LogP contribution in [0.5, 0.6) is 0 Å². The highest BCUT2D eigenvalue weighted by Crippen LogP contribution is 2.30. The number of hydrogen-bond donors (Lipinski definition) is 1. The molecule has 4 rings (SSSR count). The van der Waals surface area contributed by atoms with E-state index in [0.29, 0.717) is 11.6 Å². The van der Waals surface area contributed by atoms with E-state index in [2.05, 4.69) is 37.7 Å². The molecule has 5 amide bonds. The highest BCUT2D eigenvalue weighted by Gasteiger charge is 2.35. The smallest absolute Gasteiger partial charge is 0.333 e. The van der Waals surface area contributed by atoms with Crippen molar-refractivity contribution >= 4 is 55.0 Å². The van der Waals surface area contributed by atoms with Gasteiger partial charge >= 0.3 is 5.97 Å². The van der Waals surface area contributed by atoms with Crippen LogP contribution in [0.15, 0.2) is 39.1 Å². The lowest BCUT2D eigenvalue weighted by molar-refractivity contribution is -0.197. The van der Waals surface area contributed by atoms with Gasteiger partial charge < -0.3 is 10.2 Å². The summed E-state index contributed by atoms with van der Waals surface area (Å²) in [4.78, 5) is 75.7. The van der Waals surface area contributed by atoms with Gasteiger partial charge in [0, 0.05) is 83.3 Å². The van der Waals surface area contributed by atoms with Crippen molar-refractivity contribution in [1.82, 2.24) is 10.4 Å². The highest BCUT2D eigenvalue weighted by molar-refractivity contribution is 7.94. The van der Waals surface area contributed by atoms with Gasteiger partial charge in [0.05, 0.1) is 25.9 Å². The lowest BCUT2D eigenvalue weighted by Gasteiger charge is -2.21. The Morgan fingerprint density at radius 2 is 1.06 bits per heavy atom. The fourth-order valence-corrected chi connectivity index (χ4v) is 12.1. The second-order valence-corrected chi connectivity index (χ2v) is 21.0. The first-order valence-electron chi connectivity index (χ1n) is 17.8. The minimum atomic E-state index is -2.85. The fourth-order valence-electron chi connectivity index (χ4n) is 5.89. The van der Waals surface area contributed by atoms with Gasteiger partial charge in [-0.3, -0.25) is 24.0 Å². The maximum absolute atomic E-state index is 13.3. The Morgan fingerprint density at radius 1 is 0.667 bits per heavy atom. The average molecular weight is 785 g/mol. The van der Waals surface area contributed by atoms with Gasteiger partial charge in [0.2, 0.25) is 5.91 Å². The molecule has 0 aliphatic carbocycles. The van der Waals surface area contributed by atoms with Crippen LogP contribution in [0.2, 0.25) is 0 Å². The van der Waals surface area contributed by atoms with Gasteiger partial charge in [-0.05, 0) is 61.0 Å². The van der Waals surface area contributed by atoms with E-state index in [-0.39, 0.29) is 67.4 Å². The van der Waals surface area contributed by atoms with Gasteiger partial charge in [-0.25, -0.2) is 13.2 Å². The molecule has 1 aromatic rings. The van der Waals surface area contributed by atoms with Crippen LogP contribution in [0.1, 0.15) is 99.5 Å². The van der Waals surface area contributed by atoms with Crippen molar-refractivity contribution in [2.75, 3.05) is 23.0 Å². The molecule has 13 nitrogen and oxygen atoms in total. The Balaban J connectivity index is 0.000000290. The third-order valence-corrected chi connectivity index (χ3v) is 13.8. The van der Waals surface area contributed by atoms with Crippen molar-refractivity contribution in [2.24, 2.45) is 30.4 Å². The molecule has 0 bridgehead atoms. The van der Waals surface area contributed by atoms with E-state index in [1.807, 2.05) is 85.7 Å². The van der Waals surface area contributed by atoms with E-state index in [0.717, 1.165) is 5.56 Å². The highest BCUT2D eigenvalue weighted by atomic mass is 32.2. The van der Waals surface area contributed by atoms with Crippen LogP contribution in [0.4, 0.5) is 0 Å². The van der Waals surface area contributed by atoms with Gasteiger partial charge in [0.25, 0.3) is 23.6 Å². The number of benzene rings is 1. The van der Waals surface area contributed by atoms with Crippen LogP contribution in [-0.2, 0) is 59.6 Å². The van der Waals surface area contributed by atoms with Crippen LogP contribution in [0.25, 0.3) is 0 Å². The topological polar surface area (TPSA) is 186 Å². The molecule has 0 radical (unpaired) electrons. The van der Waals surface area contributed by atoms with E-state index < -0.39 is 70.7 Å². The summed E-state index contributed by atoms with van der Waals surface area (Å²) >= 11 is 0. The molecule has 3 aliphatic heterocycles. The largest absolute Gasteiger partial charge is 0.352 e. The Labute approximate surface area is 319 Å². The van der Waals surface area contributed by atoms with Crippen molar-refractivity contribution in [3.8, 4) is 23.7 Å². The van der Waals surface area contributed by atoms with E-state index in [1.165, 1.54) is 0 Å². The molecular weight excluding hydrogens is 733 g/mol. The monoisotopic (exact) mass is 784 g/mol. The molecule has 0 spiro atoms. The number of nitrogens with one attached hydrogen (secondary N) is 1. The molecule has 1 aromatic carbocycles. The Bertz CT molecular complexity index is 1970. The lowest BCUT2D eigenvalue weighted by Crippen LogP contribution is -2.32. The number of rotatable bonds is 9. The number of amides is 5. The molecule has 294 valence electrons. The molecule has 0 saturated carbocycles. The molecule has 1 saturated heterocycles.